The first kappa shape index (κ1) is 11.6. The minimum Gasteiger partial charge on any atom is -0.393 e. The molecule has 1 fully saturated rings. The van der Waals surface area contributed by atoms with Gasteiger partial charge in [-0.25, -0.2) is 0 Å². The van der Waals surface area contributed by atoms with Gasteiger partial charge in [0.15, 0.2) is 0 Å². The fourth-order valence-electron chi connectivity index (χ4n) is 2.64. The van der Waals surface area contributed by atoms with Crippen molar-refractivity contribution in [1.82, 2.24) is 0 Å². The standard InChI is InChI=1S/C13H22O/c1-3-5-6-9-12(14)13(4-2)10-7-8-11-13/h12,14H,4,6-11H2,1-2H3. The minimum atomic E-state index is -0.129. The molecule has 0 aliphatic heterocycles. The third-order valence-corrected chi connectivity index (χ3v) is 3.73. The fourth-order valence-corrected chi connectivity index (χ4v) is 2.64. The molecule has 1 nitrogen and oxygen atoms in total. The van der Waals surface area contributed by atoms with E-state index in [-0.39, 0.29) is 11.5 Å². The largest absolute Gasteiger partial charge is 0.393 e. The predicted octanol–water partition coefficient (Wildman–Crippen LogP) is 3.12. The molecule has 0 amide bonds. The Hall–Kier alpha value is -0.480. The average Bonchev–Trinajstić information content (AvgIpc) is 2.67. The van der Waals surface area contributed by atoms with Gasteiger partial charge in [-0.05, 0) is 38.0 Å². The van der Waals surface area contributed by atoms with Crippen LogP contribution in [-0.2, 0) is 0 Å². The van der Waals surface area contributed by atoms with Gasteiger partial charge in [0.05, 0.1) is 6.10 Å². The fraction of sp³-hybridized carbons (Fsp3) is 0.846. The number of hydrogen-bond donors (Lipinski definition) is 1. The highest BCUT2D eigenvalue weighted by atomic mass is 16.3. The molecule has 1 unspecified atom stereocenters. The summed E-state index contributed by atoms with van der Waals surface area (Å²) >= 11 is 0. The van der Waals surface area contributed by atoms with Crippen molar-refractivity contribution in [3.8, 4) is 11.8 Å². The van der Waals surface area contributed by atoms with Crippen molar-refractivity contribution in [2.24, 2.45) is 5.41 Å². The van der Waals surface area contributed by atoms with Crippen molar-refractivity contribution < 1.29 is 5.11 Å². The van der Waals surface area contributed by atoms with Gasteiger partial charge in [0.1, 0.15) is 0 Å². The Morgan fingerprint density at radius 1 is 1.36 bits per heavy atom. The minimum absolute atomic E-state index is 0.129. The molecule has 1 rings (SSSR count). The van der Waals surface area contributed by atoms with Gasteiger partial charge in [-0.1, -0.05) is 19.8 Å². The summed E-state index contributed by atoms with van der Waals surface area (Å²) in [4.78, 5) is 0. The van der Waals surface area contributed by atoms with E-state index in [1.807, 2.05) is 6.92 Å². The van der Waals surface area contributed by atoms with Crippen LogP contribution in [-0.4, -0.2) is 11.2 Å². The van der Waals surface area contributed by atoms with Gasteiger partial charge >= 0.3 is 0 Å². The summed E-state index contributed by atoms with van der Waals surface area (Å²) < 4.78 is 0. The molecule has 80 valence electrons. The molecule has 0 aromatic heterocycles. The molecule has 1 saturated carbocycles. The summed E-state index contributed by atoms with van der Waals surface area (Å²) in [6, 6.07) is 0. The second-order valence-corrected chi connectivity index (χ2v) is 4.40. The van der Waals surface area contributed by atoms with Crippen molar-refractivity contribution in [3.05, 3.63) is 0 Å². The van der Waals surface area contributed by atoms with Crippen molar-refractivity contribution >= 4 is 0 Å². The number of rotatable bonds is 4. The second-order valence-electron chi connectivity index (χ2n) is 4.40. The van der Waals surface area contributed by atoms with Crippen molar-refractivity contribution in [2.45, 2.75) is 64.9 Å². The maximum atomic E-state index is 10.2. The lowest BCUT2D eigenvalue weighted by Crippen LogP contribution is -2.31. The molecule has 0 heterocycles. The van der Waals surface area contributed by atoms with Crippen LogP contribution < -0.4 is 0 Å². The Morgan fingerprint density at radius 3 is 2.50 bits per heavy atom. The van der Waals surface area contributed by atoms with Gasteiger partial charge in [-0.3, -0.25) is 0 Å². The zero-order valence-corrected chi connectivity index (χ0v) is 9.47. The molecule has 1 atom stereocenters. The van der Waals surface area contributed by atoms with Gasteiger partial charge in [0.2, 0.25) is 0 Å². The van der Waals surface area contributed by atoms with Gasteiger partial charge in [-0.2, -0.15) is 0 Å². The molecule has 1 heteroatoms. The van der Waals surface area contributed by atoms with Crippen molar-refractivity contribution in [3.63, 3.8) is 0 Å². The molecule has 14 heavy (non-hydrogen) atoms. The van der Waals surface area contributed by atoms with E-state index in [9.17, 15) is 5.11 Å². The lowest BCUT2D eigenvalue weighted by Gasteiger charge is -2.33. The summed E-state index contributed by atoms with van der Waals surface area (Å²) in [5, 5.41) is 10.2. The number of aliphatic hydroxyl groups excluding tert-OH is 1. The molecule has 1 aliphatic carbocycles. The summed E-state index contributed by atoms with van der Waals surface area (Å²) in [5.74, 6) is 5.92. The Bertz CT molecular complexity index is 215. The smallest absolute Gasteiger partial charge is 0.0605 e. The van der Waals surface area contributed by atoms with Crippen LogP contribution in [0.1, 0.15) is 58.8 Å². The van der Waals surface area contributed by atoms with Gasteiger partial charge in [-0.15, -0.1) is 11.8 Å². The van der Waals surface area contributed by atoms with Crippen LogP contribution in [0.5, 0.6) is 0 Å². The summed E-state index contributed by atoms with van der Waals surface area (Å²) in [5.41, 5.74) is 0.232. The van der Waals surface area contributed by atoms with Crippen LogP contribution in [0.25, 0.3) is 0 Å². The highest BCUT2D eigenvalue weighted by molar-refractivity contribution is 4.97. The highest BCUT2D eigenvalue weighted by Crippen LogP contribution is 2.44. The summed E-state index contributed by atoms with van der Waals surface area (Å²) in [6.07, 6.45) is 7.71. The first-order chi connectivity index (χ1) is 6.75. The Kier molecular flexibility index (Phi) is 4.48. The van der Waals surface area contributed by atoms with Gasteiger partial charge in [0, 0.05) is 6.42 Å². The van der Waals surface area contributed by atoms with Crippen LogP contribution in [0.3, 0.4) is 0 Å². The third kappa shape index (κ3) is 2.51. The van der Waals surface area contributed by atoms with E-state index in [2.05, 4.69) is 18.8 Å². The SMILES string of the molecule is CC#CCCC(O)C1(CC)CCCC1. The molecule has 1 aliphatic rings. The number of aliphatic hydroxyl groups is 1. The zero-order valence-electron chi connectivity index (χ0n) is 9.47. The van der Waals surface area contributed by atoms with E-state index >= 15 is 0 Å². The zero-order chi connectivity index (χ0) is 10.4. The molecule has 0 bridgehead atoms. The molecule has 0 spiro atoms. The topological polar surface area (TPSA) is 20.2 Å². The van der Waals surface area contributed by atoms with Crippen LogP contribution in [0.2, 0.25) is 0 Å². The number of hydrogen-bond acceptors (Lipinski definition) is 1. The van der Waals surface area contributed by atoms with Crippen LogP contribution in [0.4, 0.5) is 0 Å². The summed E-state index contributed by atoms with van der Waals surface area (Å²) in [7, 11) is 0. The molecular weight excluding hydrogens is 172 g/mol. The van der Waals surface area contributed by atoms with Gasteiger partial charge in [0.25, 0.3) is 0 Å². The van der Waals surface area contributed by atoms with E-state index in [0.29, 0.717) is 0 Å². The molecule has 0 aromatic rings. The molecule has 0 saturated heterocycles. The van der Waals surface area contributed by atoms with Crippen molar-refractivity contribution in [1.29, 1.82) is 0 Å². The average molecular weight is 194 g/mol. The first-order valence-corrected chi connectivity index (χ1v) is 5.83. The highest BCUT2D eigenvalue weighted by Gasteiger charge is 2.38. The van der Waals surface area contributed by atoms with Crippen LogP contribution in [0, 0.1) is 17.3 Å². The molecule has 1 N–H and O–H groups in total. The first-order valence-electron chi connectivity index (χ1n) is 5.83. The Balaban J connectivity index is 2.45. The van der Waals surface area contributed by atoms with E-state index < -0.39 is 0 Å². The Morgan fingerprint density at radius 2 is 2.00 bits per heavy atom. The molecular formula is C13H22O. The Labute approximate surface area is 87.9 Å². The lowest BCUT2D eigenvalue weighted by molar-refractivity contribution is 0.0201. The molecule has 0 aromatic carbocycles. The summed E-state index contributed by atoms with van der Waals surface area (Å²) in [6.45, 7) is 4.07. The maximum Gasteiger partial charge on any atom is 0.0605 e. The van der Waals surface area contributed by atoms with Crippen molar-refractivity contribution in [2.75, 3.05) is 0 Å². The van der Waals surface area contributed by atoms with Crippen LogP contribution >= 0.6 is 0 Å². The second kappa shape index (κ2) is 5.41. The normalized spacial score (nSPS) is 21.4. The van der Waals surface area contributed by atoms with E-state index in [1.54, 1.807) is 0 Å². The molecule has 0 radical (unpaired) electrons. The van der Waals surface area contributed by atoms with Gasteiger partial charge < -0.3 is 5.11 Å². The third-order valence-electron chi connectivity index (χ3n) is 3.73. The van der Waals surface area contributed by atoms with E-state index in [4.69, 9.17) is 0 Å². The monoisotopic (exact) mass is 194 g/mol. The maximum absolute atomic E-state index is 10.2. The van der Waals surface area contributed by atoms with Crippen LogP contribution in [0.15, 0.2) is 0 Å². The quantitative estimate of drug-likeness (QED) is 0.682. The van der Waals surface area contributed by atoms with E-state index in [1.165, 1.54) is 25.7 Å². The predicted molar refractivity (Wildman–Crippen MR) is 59.9 cm³/mol. The lowest BCUT2D eigenvalue weighted by atomic mass is 9.76. The van der Waals surface area contributed by atoms with E-state index in [0.717, 1.165) is 19.3 Å².